The van der Waals surface area contributed by atoms with Crippen molar-refractivity contribution in [2.75, 3.05) is 20.3 Å². The normalized spacial score (nSPS) is 15.2. The van der Waals surface area contributed by atoms with E-state index in [9.17, 15) is 0 Å². The molecule has 2 N–H and O–H groups in total. The second-order valence-corrected chi connectivity index (χ2v) is 2.68. The van der Waals surface area contributed by atoms with E-state index in [0.717, 1.165) is 0 Å². The number of nitrogens with zero attached hydrogens (tertiary/aromatic N) is 1. The minimum absolute atomic E-state index is 0.0645. The molecule has 0 bridgehead atoms. The van der Waals surface area contributed by atoms with Gasteiger partial charge in [-0.3, -0.25) is 5.32 Å². The highest BCUT2D eigenvalue weighted by atomic mass is 16.5. The van der Waals surface area contributed by atoms with Crippen LogP contribution >= 0.6 is 0 Å². The maximum absolute atomic E-state index is 8.67. The van der Waals surface area contributed by atoms with Gasteiger partial charge in [-0.05, 0) is 13.3 Å². The third-order valence-electron chi connectivity index (χ3n) is 1.52. The van der Waals surface area contributed by atoms with Crippen molar-refractivity contribution in [1.29, 1.82) is 5.26 Å². The number of nitrogens with one attached hydrogen (secondary N) is 1. The van der Waals surface area contributed by atoms with Gasteiger partial charge in [0.1, 0.15) is 0 Å². The van der Waals surface area contributed by atoms with Crippen molar-refractivity contribution in [3.05, 3.63) is 0 Å². The summed E-state index contributed by atoms with van der Waals surface area (Å²) in [5.41, 5.74) is 0. The molecular weight excluding hydrogens is 156 g/mol. The minimum atomic E-state index is -0.198. The molecule has 0 saturated carbocycles. The molecule has 70 valence electrons. The summed E-state index contributed by atoms with van der Waals surface area (Å²) in [7, 11) is 1.60. The maximum Gasteiger partial charge on any atom is 0.0927 e. The zero-order valence-corrected chi connectivity index (χ0v) is 7.58. The van der Waals surface area contributed by atoms with E-state index in [1.165, 1.54) is 0 Å². The van der Waals surface area contributed by atoms with Gasteiger partial charge in [0, 0.05) is 19.8 Å². The molecule has 0 rings (SSSR count). The van der Waals surface area contributed by atoms with Crippen LogP contribution in [0.15, 0.2) is 0 Å². The molecule has 0 aromatic rings. The Labute approximate surface area is 73.1 Å². The van der Waals surface area contributed by atoms with Gasteiger partial charge in [-0.1, -0.05) is 0 Å². The van der Waals surface area contributed by atoms with Crippen LogP contribution < -0.4 is 5.32 Å². The molecule has 0 aromatic carbocycles. The number of hydrogen-bond donors (Lipinski definition) is 2. The highest BCUT2D eigenvalue weighted by Crippen LogP contribution is 1.93. The van der Waals surface area contributed by atoms with Crippen molar-refractivity contribution in [3.8, 4) is 6.07 Å². The molecule has 2 atom stereocenters. The lowest BCUT2D eigenvalue weighted by atomic mass is 10.2. The molecule has 0 aliphatic carbocycles. The number of rotatable bonds is 6. The number of ether oxygens (including phenoxy) is 1. The Kier molecular flexibility index (Phi) is 6.67. The molecule has 4 heteroatoms. The first-order valence-electron chi connectivity index (χ1n) is 4.00. The van der Waals surface area contributed by atoms with E-state index in [2.05, 4.69) is 11.4 Å². The monoisotopic (exact) mass is 172 g/mol. The number of aliphatic hydroxyl groups is 1. The molecular formula is C8H16N2O2. The Hall–Kier alpha value is -0.630. The Morgan fingerprint density at radius 3 is 2.75 bits per heavy atom. The van der Waals surface area contributed by atoms with Crippen LogP contribution in [0.3, 0.4) is 0 Å². The SMILES string of the molecule is COCC(CCO)NC(C)C#N. The molecule has 0 fully saturated rings. The van der Waals surface area contributed by atoms with Gasteiger partial charge in [0.25, 0.3) is 0 Å². The zero-order valence-electron chi connectivity index (χ0n) is 7.58. The van der Waals surface area contributed by atoms with Crippen LogP contribution in [-0.4, -0.2) is 37.5 Å². The summed E-state index contributed by atoms with van der Waals surface area (Å²) in [4.78, 5) is 0. The van der Waals surface area contributed by atoms with E-state index in [1.807, 2.05) is 0 Å². The second-order valence-electron chi connectivity index (χ2n) is 2.68. The Balaban J connectivity index is 3.70. The van der Waals surface area contributed by atoms with Gasteiger partial charge in [0.2, 0.25) is 0 Å². The van der Waals surface area contributed by atoms with Crippen LogP contribution in [-0.2, 0) is 4.74 Å². The van der Waals surface area contributed by atoms with E-state index in [-0.39, 0.29) is 18.7 Å². The summed E-state index contributed by atoms with van der Waals surface area (Å²) in [6.07, 6.45) is 0.611. The minimum Gasteiger partial charge on any atom is -0.396 e. The zero-order chi connectivity index (χ0) is 9.40. The highest BCUT2D eigenvalue weighted by molar-refractivity contribution is 4.87. The summed E-state index contributed by atoms with van der Waals surface area (Å²) in [6, 6.07) is 1.93. The van der Waals surface area contributed by atoms with Gasteiger partial charge in [-0.15, -0.1) is 0 Å². The predicted molar refractivity (Wildman–Crippen MR) is 45.6 cm³/mol. The Morgan fingerprint density at radius 2 is 2.33 bits per heavy atom. The van der Waals surface area contributed by atoms with Crippen LogP contribution in [0, 0.1) is 11.3 Å². The molecule has 0 saturated heterocycles. The van der Waals surface area contributed by atoms with Gasteiger partial charge in [-0.2, -0.15) is 5.26 Å². The molecule has 0 aliphatic heterocycles. The van der Waals surface area contributed by atoms with Crippen LogP contribution in [0.1, 0.15) is 13.3 Å². The fraction of sp³-hybridized carbons (Fsp3) is 0.875. The first kappa shape index (κ1) is 11.4. The fourth-order valence-corrected chi connectivity index (χ4v) is 0.963. The van der Waals surface area contributed by atoms with Crippen molar-refractivity contribution in [3.63, 3.8) is 0 Å². The number of aliphatic hydroxyl groups excluding tert-OH is 1. The van der Waals surface area contributed by atoms with Crippen molar-refractivity contribution in [2.45, 2.75) is 25.4 Å². The molecule has 0 aliphatic rings. The van der Waals surface area contributed by atoms with Crippen molar-refractivity contribution in [2.24, 2.45) is 0 Å². The van der Waals surface area contributed by atoms with Crippen molar-refractivity contribution < 1.29 is 9.84 Å². The van der Waals surface area contributed by atoms with Crippen LogP contribution in [0.5, 0.6) is 0 Å². The third-order valence-corrected chi connectivity index (χ3v) is 1.52. The number of nitriles is 1. The van der Waals surface area contributed by atoms with E-state index < -0.39 is 0 Å². The van der Waals surface area contributed by atoms with Crippen molar-refractivity contribution in [1.82, 2.24) is 5.32 Å². The topological polar surface area (TPSA) is 65.3 Å². The summed E-state index contributed by atoms with van der Waals surface area (Å²) < 4.78 is 4.92. The molecule has 0 amide bonds. The lowest BCUT2D eigenvalue weighted by molar-refractivity contribution is 0.146. The average molecular weight is 172 g/mol. The summed E-state index contributed by atoms with van der Waals surface area (Å²) >= 11 is 0. The fourth-order valence-electron chi connectivity index (χ4n) is 0.963. The van der Waals surface area contributed by atoms with Crippen molar-refractivity contribution >= 4 is 0 Å². The second kappa shape index (κ2) is 7.04. The van der Waals surface area contributed by atoms with Gasteiger partial charge in [-0.25, -0.2) is 0 Å². The lowest BCUT2D eigenvalue weighted by Gasteiger charge is -2.17. The van der Waals surface area contributed by atoms with Gasteiger partial charge >= 0.3 is 0 Å². The third kappa shape index (κ3) is 5.08. The summed E-state index contributed by atoms with van der Waals surface area (Å²) in [5, 5.41) is 20.2. The summed E-state index contributed by atoms with van der Waals surface area (Å²) in [5.74, 6) is 0. The highest BCUT2D eigenvalue weighted by Gasteiger charge is 2.09. The van der Waals surface area contributed by atoms with E-state index in [4.69, 9.17) is 15.1 Å². The number of methoxy groups -OCH3 is 1. The molecule has 0 aromatic heterocycles. The molecule has 2 unspecified atom stereocenters. The van der Waals surface area contributed by atoms with E-state index in [0.29, 0.717) is 13.0 Å². The Bertz CT molecular complexity index is 138. The maximum atomic E-state index is 8.67. The first-order chi connectivity index (χ1) is 5.74. The van der Waals surface area contributed by atoms with E-state index >= 15 is 0 Å². The molecule has 12 heavy (non-hydrogen) atoms. The van der Waals surface area contributed by atoms with Crippen LogP contribution in [0.25, 0.3) is 0 Å². The average Bonchev–Trinajstić information content (AvgIpc) is 2.05. The molecule has 0 radical (unpaired) electrons. The van der Waals surface area contributed by atoms with Crippen LogP contribution in [0.4, 0.5) is 0 Å². The largest absolute Gasteiger partial charge is 0.396 e. The molecule has 4 nitrogen and oxygen atoms in total. The Morgan fingerprint density at radius 1 is 1.67 bits per heavy atom. The quantitative estimate of drug-likeness (QED) is 0.586. The number of hydrogen-bond acceptors (Lipinski definition) is 4. The predicted octanol–water partition coefficient (Wildman–Crippen LogP) is -0.115. The first-order valence-corrected chi connectivity index (χ1v) is 4.00. The lowest BCUT2D eigenvalue weighted by Crippen LogP contribution is -2.39. The summed E-state index contributed by atoms with van der Waals surface area (Å²) in [6.45, 7) is 2.41. The smallest absolute Gasteiger partial charge is 0.0927 e. The van der Waals surface area contributed by atoms with Gasteiger partial charge < -0.3 is 9.84 Å². The molecule has 0 spiro atoms. The standard InChI is InChI=1S/C8H16N2O2/c1-7(5-9)10-8(3-4-11)6-12-2/h7-8,10-11H,3-4,6H2,1-2H3. The van der Waals surface area contributed by atoms with E-state index in [1.54, 1.807) is 14.0 Å². The van der Waals surface area contributed by atoms with Gasteiger partial charge in [0.05, 0.1) is 18.7 Å². The van der Waals surface area contributed by atoms with Crippen LogP contribution in [0.2, 0.25) is 0 Å². The molecule has 0 heterocycles. The van der Waals surface area contributed by atoms with Gasteiger partial charge in [0.15, 0.2) is 0 Å².